The number of aromatic nitrogens is 3. The van der Waals surface area contributed by atoms with Gasteiger partial charge < -0.3 is 10.1 Å². The molecule has 0 spiro atoms. The van der Waals surface area contributed by atoms with Crippen LogP contribution in [0.2, 0.25) is 0 Å². The summed E-state index contributed by atoms with van der Waals surface area (Å²) in [7, 11) is 1.72. The van der Waals surface area contributed by atoms with Crippen molar-refractivity contribution in [3.8, 4) is 5.75 Å². The van der Waals surface area contributed by atoms with E-state index < -0.39 is 0 Å². The summed E-state index contributed by atoms with van der Waals surface area (Å²) in [6.45, 7) is 4.04. The van der Waals surface area contributed by atoms with Gasteiger partial charge in [-0.1, -0.05) is 23.8 Å². The average Bonchev–Trinajstić information content (AvgIpc) is 3.16. The van der Waals surface area contributed by atoms with E-state index in [0.717, 1.165) is 25.0 Å². The number of carbonyl (C=O) groups is 1. The molecule has 0 radical (unpaired) electrons. The first-order chi connectivity index (χ1) is 11.5. The van der Waals surface area contributed by atoms with Crippen LogP contribution >= 0.6 is 0 Å². The predicted octanol–water partition coefficient (Wildman–Crippen LogP) is 2.67. The summed E-state index contributed by atoms with van der Waals surface area (Å²) in [4.78, 5) is 12.4. The molecule has 2 atom stereocenters. The van der Waals surface area contributed by atoms with E-state index in [1.165, 1.54) is 16.4 Å². The fourth-order valence-corrected chi connectivity index (χ4v) is 3.34. The number of nitrogens with one attached hydrogen (secondary N) is 1. The van der Waals surface area contributed by atoms with Crippen molar-refractivity contribution in [2.45, 2.75) is 51.2 Å². The highest BCUT2D eigenvalue weighted by atomic mass is 16.5. The number of hydrogen-bond acceptors (Lipinski definition) is 4. The number of carbonyl (C=O) groups excluding carboxylic acids is 1. The second kappa shape index (κ2) is 7.03. The van der Waals surface area contributed by atoms with Gasteiger partial charge in [-0.15, -0.1) is 5.10 Å². The number of hydrogen-bond donors (Lipinski definition) is 1. The molecule has 128 valence electrons. The predicted molar refractivity (Wildman–Crippen MR) is 91.1 cm³/mol. The molecule has 1 fully saturated rings. The maximum Gasteiger partial charge on any atom is 0.271 e. The molecule has 1 N–H and O–H groups in total. The van der Waals surface area contributed by atoms with Gasteiger partial charge in [0.2, 0.25) is 0 Å². The van der Waals surface area contributed by atoms with Crippen LogP contribution in [0.1, 0.15) is 55.1 Å². The SMILES string of the molecule is CC(C)Oc1ccc([C@H]2CCC[C@@H]2NC(=O)c2cnnn2C)cc1. The van der Waals surface area contributed by atoms with Crippen LogP contribution in [0.3, 0.4) is 0 Å². The molecule has 1 aromatic heterocycles. The summed E-state index contributed by atoms with van der Waals surface area (Å²) in [6.07, 6.45) is 4.85. The third-order valence-corrected chi connectivity index (χ3v) is 4.46. The maximum absolute atomic E-state index is 12.4. The fraction of sp³-hybridized carbons (Fsp3) is 0.500. The zero-order valence-electron chi connectivity index (χ0n) is 14.4. The summed E-state index contributed by atoms with van der Waals surface area (Å²) < 4.78 is 7.20. The lowest BCUT2D eigenvalue weighted by atomic mass is 9.94. The molecule has 1 heterocycles. The molecule has 24 heavy (non-hydrogen) atoms. The van der Waals surface area contributed by atoms with Crippen LogP contribution < -0.4 is 10.1 Å². The number of ether oxygens (including phenoxy) is 1. The smallest absolute Gasteiger partial charge is 0.271 e. The molecule has 2 aromatic rings. The van der Waals surface area contributed by atoms with E-state index in [1.807, 2.05) is 26.0 Å². The Labute approximate surface area is 142 Å². The first kappa shape index (κ1) is 16.5. The standard InChI is InChI=1S/C18H24N4O2/c1-12(2)24-14-9-7-13(8-10-14)15-5-4-6-16(15)20-18(23)17-11-19-21-22(17)3/h7-12,15-16H,4-6H2,1-3H3,(H,20,23)/t15-,16+/m1/s1. The molecule has 6 heteroatoms. The van der Waals surface area contributed by atoms with Crippen molar-refractivity contribution in [2.24, 2.45) is 7.05 Å². The molecule has 1 aromatic carbocycles. The highest BCUT2D eigenvalue weighted by Crippen LogP contribution is 2.35. The monoisotopic (exact) mass is 328 g/mol. The number of amides is 1. The molecule has 1 saturated carbocycles. The Kier molecular flexibility index (Phi) is 4.83. The molecule has 1 aliphatic rings. The molecular formula is C18H24N4O2. The van der Waals surface area contributed by atoms with E-state index in [-0.39, 0.29) is 18.1 Å². The van der Waals surface area contributed by atoms with Crippen molar-refractivity contribution in [3.63, 3.8) is 0 Å². The molecule has 3 rings (SSSR count). The molecule has 0 saturated heterocycles. The van der Waals surface area contributed by atoms with Crippen LogP contribution in [0.4, 0.5) is 0 Å². The maximum atomic E-state index is 12.4. The van der Waals surface area contributed by atoms with E-state index in [2.05, 4.69) is 27.8 Å². The van der Waals surface area contributed by atoms with Crippen molar-refractivity contribution in [1.29, 1.82) is 0 Å². The van der Waals surface area contributed by atoms with Crippen molar-refractivity contribution >= 4 is 5.91 Å². The van der Waals surface area contributed by atoms with Crippen molar-refractivity contribution < 1.29 is 9.53 Å². The lowest BCUT2D eigenvalue weighted by molar-refractivity contribution is 0.0925. The Hall–Kier alpha value is -2.37. The first-order valence-electron chi connectivity index (χ1n) is 8.46. The third kappa shape index (κ3) is 3.58. The van der Waals surface area contributed by atoms with E-state index in [1.54, 1.807) is 7.05 Å². The summed E-state index contributed by atoms with van der Waals surface area (Å²) in [5.74, 6) is 1.11. The minimum absolute atomic E-state index is 0.112. The van der Waals surface area contributed by atoms with E-state index in [0.29, 0.717) is 11.6 Å². The fourth-order valence-electron chi connectivity index (χ4n) is 3.34. The molecule has 0 bridgehead atoms. The minimum Gasteiger partial charge on any atom is -0.491 e. The summed E-state index contributed by atoms with van der Waals surface area (Å²) in [6, 6.07) is 8.39. The third-order valence-electron chi connectivity index (χ3n) is 4.46. The molecular weight excluding hydrogens is 304 g/mol. The van der Waals surface area contributed by atoms with Gasteiger partial charge >= 0.3 is 0 Å². The van der Waals surface area contributed by atoms with Gasteiger partial charge in [-0.2, -0.15) is 0 Å². The number of rotatable bonds is 5. The highest BCUT2D eigenvalue weighted by molar-refractivity contribution is 5.92. The first-order valence-corrected chi connectivity index (χ1v) is 8.46. The van der Waals surface area contributed by atoms with Gasteiger partial charge in [-0.3, -0.25) is 4.79 Å². The van der Waals surface area contributed by atoms with Gasteiger partial charge in [0.1, 0.15) is 11.4 Å². The number of aryl methyl sites for hydroxylation is 1. The topological polar surface area (TPSA) is 69.0 Å². The molecule has 0 aliphatic heterocycles. The number of nitrogens with zero attached hydrogens (tertiary/aromatic N) is 3. The van der Waals surface area contributed by atoms with Crippen molar-refractivity contribution in [2.75, 3.05) is 0 Å². The summed E-state index contributed by atoms with van der Waals surface area (Å²) in [5.41, 5.74) is 1.73. The van der Waals surface area contributed by atoms with Crippen LogP contribution in [-0.2, 0) is 7.05 Å². The van der Waals surface area contributed by atoms with Crippen LogP contribution in [0.25, 0.3) is 0 Å². The van der Waals surface area contributed by atoms with Crippen molar-refractivity contribution in [3.05, 3.63) is 41.7 Å². The van der Waals surface area contributed by atoms with E-state index >= 15 is 0 Å². The van der Waals surface area contributed by atoms with Gasteiger partial charge in [-0.25, -0.2) is 4.68 Å². The molecule has 1 aliphatic carbocycles. The van der Waals surface area contributed by atoms with Crippen LogP contribution in [0.5, 0.6) is 5.75 Å². The highest BCUT2D eigenvalue weighted by Gasteiger charge is 2.30. The summed E-state index contributed by atoms with van der Waals surface area (Å²) in [5, 5.41) is 10.7. The van der Waals surface area contributed by atoms with Gasteiger partial charge in [0.05, 0.1) is 12.3 Å². The normalized spacial score (nSPS) is 20.3. The summed E-state index contributed by atoms with van der Waals surface area (Å²) >= 11 is 0. The van der Waals surface area contributed by atoms with Gasteiger partial charge in [0.15, 0.2) is 0 Å². The Morgan fingerprint density at radius 1 is 1.29 bits per heavy atom. The van der Waals surface area contributed by atoms with Crippen LogP contribution in [0.15, 0.2) is 30.5 Å². The molecule has 0 unspecified atom stereocenters. The van der Waals surface area contributed by atoms with E-state index in [9.17, 15) is 4.79 Å². The molecule has 6 nitrogen and oxygen atoms in total. The van der Waals surface area contributed by atoms with Crippen LogP contribution in [0, 0.1) is 0 Å². The lowest BCUT2D eigenvalue weighted by Gasteiger charge is -2.22. The zero-order chi connectivity index (χ0) is 17.1. The quantitative estimate of drug-likeness (QED) is 0.916. The zero-order valence-corrected chi connectivity index (χ0v) is 14.4. The van der Waals surface area contributed by atoms with Gasteiger partial charge in [0, 0.05) is 19.0 Å². The van der Waals surface area contributed by atoms with E-state index in [4.69, 9.17) is 4.74 Å². The Morgan fingerprint density at radius 2 is 2.04 bits per heavy atom. The second-order valence-electron chi connectivity index (χ2n) is 6.60. The Bertz CT molecular complexity index is 693. The Morgan fingerprint density at radius 3 is 2.67 bits per heavy atom. The van der Waals surface area contributed by atoms with Crippen molar-refractivity contribution in [1.82, 2.24) is 20.3 Å². The second-order valence-corrected chi connectivity index (χ2v) is 6.60. The van der Waals surface area contributed by atoms with Gasteiger partial charge in [0.25, 0.3) is 5.91 Å². The lowest BCUT2D eigenvalue weighted by Crippen LogP contribution is -2.37. The number of benzene rings is 1. The average molecular weight is 328 g/mol. The van der Waals surface area contributed by atoms with Crippen LogP contribution in [-0.4, -0.2) is 33.0 Å². The Balaban J connectivity index is 1.69. The molecule has 1 amide bonds. The largest absolute Gasteiger partial charge is 0.491 e. The minimum atomic E-state index is -0.112. The van der Waals surface area contributed by atoms with Gasteiger partial charge in [-0.05, 0) is 44.4 Å².